The molecule has 3 aromatic rings. The van der Waals surface area contributed by atoms with Crippen LogP contribution < -0.4 is 10.1 Å². The van der Waals surface area contributed by atoms with Crippen molar-refractivity contribution in [2.24, 2.45) is 0 Å². The highest BCUT2D eigenvalue weighted by Gasteiger charge is 2.24. The summed E-state index contributed by atoms with van der Waals surface area (Å²) in [5.74, 6) is -3.45. The number of rotatable bonds is 7. The first-order valence-electron chi connectivity index (χ1n) is 8.71. The molecular formula is C20H17F4N3O2S. The lowest BCUT2D eigenvalue weighted by Crippen LogP contribution is -2.14. The van der Waals surface area contributed by atoms with Crippen molar-refractivity contribution in [3.8, 4) is 11.4 Å². The zero-order chi connectivity index (χ0) is 21.9. The molecule has 0 saturated carbocycles. The number of ether oxygens (including phenoxy) is 1. The first-order valence-corrected chi connectivity index (χ1v) is 9.35. The van der Waals surface area contributed by atoms with E-state index < -0.39 is 18.4 Å². The van der Waals surface area contributed by atoms with Crippen LogP contribution in [-0.4, -0.2) is 22.3 Å². The van der Waals surface area contributed by atoms with Gasteiger partial charge in [0.2, 0.25) is 0 Å². The van der Waals surface area contributed by atoms with E-state index in [2.05, 4.69) is 27.8 Å². The number of halogens is 4. The minimum absolute atomic E-state index is 0.0131. The van der Waals surface area contributed by atoms with Crippen LogP contribution in [0.2, 0.25) is 0 Å². The van der Waals surface area contributed by atoms with E-state index in [9.17, 15) is 22.4 Å². The summed E-state index contributed by atoms with van der Waals surface area (Å²) in [5.41, 5.74) is 1.06. The molecule has 1 amide bonds. The minimum Gasteiger partial charge on any atom is -0.435 e. The second-order valence-electron chi connectivity index (χ2n) is 6.39. The third-order valence-electron chi connectivity index (χ3n) is 4.14. The Labute approximate surface area is 175 Å². The SMILES string of the molecule is CC(F)(F)c1cccc(NC(=O)c2cn(-c3ccc(OC(F)F)cc3)nc2CS)c1. The zero-order valence-electron chi connectivity index (χ0n) is 15.7. The van der Waals surface area contributed by atoms with E-state index in [-0.39, 0.29) is 28.3 Å². The van der Waals surface area contributed by atoms with E-state index in [1.165, 1.54) is 59.4 Å². The Bertz CT molecular complexity index is 1030. The maximum absolute atomic E-state index is 13.5. The lowest BCUT2D eigenvalue weighted by molar-refractivity contribution is -0.0498. The smallest absolute Gasteiger partial charge is 0.387 e. The van der Waals surface area contributed by atoms with Crippen molar-refractivity contribution in [2.75, 3.05) is 5.32 Å². The Morgan fingerprint density at radius 2 is 1.93 bits per heavy atom. The van der Waals surface area contributed by atoms with Crippen LogP contribution in [0.4, 0.5) is 23.2 Å². The molecule has 5 nitrogen and oxygen atoms in total. The number of carbonyl (C=O) groups excluding carboxylic acids is 1. The number of benzene rings is 2. The fraction of sp³-hybridized carbons (Fsp3) is 0.200. The van der Waals surface area contributed by atoms with Crippen molar-refractivity contribution in [3.05, 3.63) is 71.5 Å². The third-order valence-corrected chi connectivity index (χ3v) is 4.44. The molecule has 0 saturated heterocycles. The average molecular weight is 439 g/mol. The highest BCUT2D eigenvalue weighted by atomic mass is 32.1. The van der Waals surface area contributed by atoms with E-state index in [1.54, 1.807) is 0 Å². The number of anilines is 1. The maximum Gasteiger partial charge on any atom is 0.387 e. The van der Waals surface area contributed by atoms with Crippen LogP contribution >= 0.6 is 12.6 Å². The molecule has 0 aliphatic heterocycles. The molecular weight excluding hydrogens is 422 g/mol. The number of aromatic nitrogens is 2. The maximum atomic E-state index is 13.5. The Balaban J connectivity index is 1.83. The fourth-order valence-corrected chi connectivity index (χ4v) is 2.93. The molecule has 0 radical (unpaired) electrons. The van der Waals surface area contributed by atoms with Gasteiger partial charge in [-0.25, -0.2) is 13.5 Å². The summed E-state index contributed by atoms with van der Waals surface area (Å²) in [6, 6.07) is 11.1. The molecule has 0 aliphatic carbocycles. The van der Waals surface area contributed by atoms with Gasteiger partial charge in [0.05, 0.1) is 16.9 Å². The number of hydrogen-bond acceptors (Lipinski definition) is 4. The van der Waals surface area contributed by atoms with Crippen molar-refractivity contribution in [2.45, 2.75) is 25.2 Å². The second-order valence-corrected chi connectivity index (χ2v) is 6.70. The van der Waals surface area contributed by atoms with Crippen LogP contribution in [0.1, 0.15) is 28.5 Å². The molecule has 10 heteroatoms. The van der Waals surface area contributed by atoms with Crippen LogP contribution in [0.15, 0.2) is 54.7 Å². The standard InChI is InChI=1S/C20H17F4N3O2S/c1-20(23,24)12-3-2-4-13(9-12)25-18(28)16-10-27(26-17(16)11-30)14-5-7-15(8-6-14)29-19(21)22/h2-10,19,30H,11H2,1H3,(H,25,28). The van der Waals surface area contributed by atoms with E-state index in [0.29, 0.717) is 11.4 Å². The summed E-state index contributed by atoms with van der Waals surface area (Å²) in [6.07, 6.45) is 1.45. The first-order chi connectivity index (χ1) is 14.2. The Hall–Kier alpha value is -3.01. The summed E-state index contributed by atoms with van der Waals surface area (Å²) in [4.78, 5) is 12.7. The number of nitrogens with one attached hydrogen (secondary N) is 1. The highest BCUT2D eigenvalue weighted by Crippen LogP contribution is 2.29. The molecule has 0 spiro atoms. The number of carbonyl (C=O) groups is 1. The van der Waals surface area contributed by atoms with Gasteiger partial charge in [-0.3, -0.25) is 4.79 Å². The fourth-order valence-electron chi connectivity index (χ4n) is 2.70. The van der Waals surface area contributed by atoms with Gasteiger partial charge >= 0.3 is 6.61 Å². The van der Waals surface area contributed by atoms with Gasteiger partial charge in [0.15, 0.2) is 0 Å². The zero-order valence-corrected chi connectivity index (χ0v) is 16.5. The van der Waals surface area contributed by atoms with Gasteiger partial charge < -0.3 is 10.1 Å². The lowest BCUT2D eigenvalue weighted by Gasteiger charge is -2.12. The first kappa shape index (κ1) is 21.7. The Morgan fingerprint density at radius 3 is 2.53 bits per heavy atom. The van der Waals surface area contributed by atoms with Crippen LogP contribution in [-0.2, 0) is 11.7 Å². The van der Waals surface area contributed by atoms with Gasteiger partial charge in [-0.05, 0) is 36.4 Å². The summed E-state index contributed by atoms with van der Waals surface area (Å²) in [6.45, 7) is -2.16. The van der Waals surface area contributed by atoms with Gasteiger partial charge in [0.1, 0.15) is 5.75 Å². The Kier molecular flexibility index (Phi) is 6.35. The summed E-state index contributed by atoms with van der Waals surface area (Å²) >= 11 is 4.18. The van der Waals surface area contributed by atoms with Crippen LogP contribution in [0, 0.1) is 0 Å². The lowest BCUT2D eigenvalue weighted by atomic mass is 10.1. The molecule has 3 rings (SSSR count). The molecule has 158 valence electrons. The topological polar surface area (TPSA) is 56.2 Å². The number of alkyl halides is 4. The monoisotopic (exact) mass is 439 g/mol. The van der Waals surface area contributed by atoms with Gasteiger partial charge in [-0.1, -0.05) is 12.1 Å². The number of thiol groups is 1. The van der Waals surface area contributed by atoms with Gasteiger partial charge in [0, 0.05) is 30.1 Å². The van der Waals surface area contributed by atoms with Crippen LogP contribution in [0.3, 0.4) is 0 Å². The predicted octanol–water partition coefficient (Wildman–Crippen LogP) is 5.27. The largest absolute Gasteiger partial charge is 0.435 e. The molecule has 0 atom stereocenters. The molecule has 1 N–H and O–H groups in total. The van der Waals surface area contributed by atoms with E-state index in [1.807, 2.05) is 0 Å². The molecule has 1 aromatic heterocycles. The van der Waals surface area contributed by atoms with E-state index >= 15 is 0 Å². The quantitative estimate of drug-likeness (QED) is 0.390. The van der Waals surface area contributed by atoms with Gasteiger partial charge in [-0.15, -0.1) is 0 Å². The van der Waals surface area contributed by atoms with Gasteiger partial charge in [0.25, 0.3) is 11.8 Å². The highest BCUT2D eigenvalue weighted by molar-refractivity contribution is 7.79. The van der Waals surface area contributed by atoms with Gasteiger partial charge in [-0.2, -0.15) is 26.5 Å². The van der Waals surface area contributed by atoms with Crippen molar-refractivity contribution in [1.29, 1.82) is 0 Å². The number of nitrogens with zero attached hydrogens (tertiary/aromatic N) is 2. The Morgan fingerprint density at radius 1 is 1.23 bits per heavy atom. The van der Waals surface area contributed by atoms with Crippen molar-refractivity contribution in [1.82, 2.24) is 9.78 Å². The third kappa shape index (κ3) is 5.12. The molecule has 0 bridgehead atoms. The molecule has 1 heterocycles. The summed E-state index contributed by atoms with van der Waals surface area (Å²) < 4.78 is 57.3. The summed E-state index contributed by atoms with van der Waals surface area (Å²) in [5, 5.41) is 6.86. The molecule has 0 fully saturated rings. The average Bonchev–Trinajstić information content (AvgIpc) is 3.12. The number of hydrogen-bond donors (Lipinski definition) is 2. The normalized spacial score (nSPS) is 11.6. The van der Waals surface area contributed by atoms with Crippen molar-refractivity contribution in [3.63, 3.8) is 0 Å². The molecule has 2 aromatic carbocycles. The number of amides is 1. The summed E-state index contributed by atoms with van der Waals surface area (Å²) in [7, 11) is 0. The molecule has 0 unspecified atom stereocenters. The van der Waals surface area contributed by atoms with Crippen molar-refractivity contribution >= 4 is 24.2 Å². The molecule has 0 aliphatic rings. The van der Waals surface area contributed by atoms with Crippen molar-refractivity contribution < 1.29 is 27.1 Å². The molecule has 30 heavy (non-hydrogen) atoms. The van der Waals surface area contributed by atoms with E-state index in [0.717, 1.165) is 6.92 Å². The predicted molar refractivity (Wildman–Crippen MR) is 107 cm³/mol. The van der Waals surface area contributed by atoms with Crippen LogP contribution in [0.5, 0.6) is 5.75 Å². The second kappa shape index (κ2) is 8.78. The van der Waals surface area contributed by atoms with E-state index in [4.69, 9.17) is 0 Å². The minimum atomic E-state index is -3.04. The van der Waals surface area contributed by atoms with Crippen LogP contribution in [0.25, 0.3) is 5.69 Å².